The summed E-state index contributed by atoms with van der Waals surface area (Å²) >= 11 is 0.918. The molecule has 0 unspecified atom stereocenters. The Morgan fingerprint density at radius 1 is 1.06 bits per heavy atom. The van der Waals surface area contributed by atoms with E-state index in [1.807, 2.05) is 18.2 Å². The van der Waals surface area contributed by atoms with Crippen molar-refractivity contribution in [3.05, 3.63) is 65.2 Å². The molecule has 6 nitrogen and oxygen atoms in total. The third-order valence-electron chi connectivity index (χ3n) is 6.14. The molecule has 2 saturated heterocycles. The van der Waals surface area contributed by atoms with Gasteiger partial charge in [-0.1, -0.05) is 31.2 Å². The fourth-order valence-electron chi connectivity index (χ4n) is 4.47. The predicted octanol–water partition coefficient (Wildman–Crippen LogP) is 4.76. The van der Waals surface area contributed by atoms with Crippen molar-refractivity contribution in [1.82, 2.24) is 15.2 Å². The molecule has 5 rings (SSSR count). The van der Waals surface area contributed by atoms with Crippen LogP contribution < -0.4 is 10.2 Å². The minimum atomic E-state index is -0.357. The molecule has 1 N–H and O–H groups in total. The number of hydrogen-bond donors (Lipinski definition) is 1. The molecule has 33 heavy (non-hydrogen) atoms. The van der Waals surface area contributed by atoms with E-state index in [1.54, 1.807) is 12.3 Å². The maximum atomic E-state index is 11.9. The van der Waals surface area contributed by atoms with Crippen LogP contribution >= 0.6 is 11.8 Å². The van der Waals surface area contributed by atoms with E-state index in [9.17, 15) is 9.59 Å². The number of benzene rings is 2. The number of thioether (sulfide) groups is 1. The Hall–Kier alpha value is -3.16. The number of nitrogens with one attached hydrogen (secondary N) is 1. The van der Waals surface area contributed by atoms with Crippen molar-refractivity contribution in [1.29, 1.82) is 0 Å². The lowest BCUT2D eigenvalue weighted by Gasteiger charge is -2.36. The summed E-state index contributed by atoms with van der Waals surface area (Å²) in [6, 6.07) is 16.9. The molecule has 168 valence electrons. The first-order valence-electron chi connectivity index (χ1n) is 11.3. The highest BCUT2D eigenvalue weighted by Gasteiger charge is 2.25. The Labute approximate surface area is 197 Å². The van der Waals surface area contributed by atoms with Crippen molar-refractivity contribution >= 4 is 45.6 Å². The average molecular weight is 459 g/mol. The van der Waals surface area contributed by atoms with Gasteiger partial charge in [-0.25, -0.2) is 0 Å². The summed E-state index contributed by atoms with van der Waals surface area (Å²) in [6.45, 7) is 7.77. The summed E-state index contributed by atoms with van der Waals surface area (Å²) in [6.07, 6.45) is 4.66. The fourth-order valence-corrected chi connectivity index (χ4v) is 5.15. The molecule has 0 bridgehead atoms. The number of nitrogens with zero attached hydrogens (tertiary/aromatic N) is 3. The van der Waals surface area contributed by atoms with Crippen LogP contribution in [0.25, 0.3) is 28.1 Å². The largest absolute Gasteiger partial charge is 0.369 e. The Morgan fingerprint density at radius 3 is 2.55 bits per heavy atom. The van der Waals surface area contributed by atoms with E-state index in [0.29, 0.717) is 4.91 Å². The normalized spacial score (nSPS) is 18.3. The molecule has 7 heteroatoms. The summed E-state index contributed by atoms with van der Waals surface area (Å²) < 4.78 is 0. The number of carbonyl (C=O) groups is 2. The van der Waals surface area contributed by atoms with Gasteiger partial charge < -0.3 is 4.90 Å². The second-order valence-corrected chi connectivity index (χ2v) is 9.38. The topological polar surface area (TPSA) is 65.5 Å². The summed E-state index contributed by atoms with van der Waals surface area (Å²) in [4.78, 5) is 33.3. The van der Waals surface area contributed by atoms with Gasteiger partial charge in [0.05, 0.1) is 10.4 Å². The second-order valence-electron chi connectivity index (χ2n) is 8.37. The highest BCUT2D eigenvalue weighted by atomic mass is 32.2. The Bertz CT molecular complexity index is 1230. The zero-order chi connectivity index (χ0) is 22.8. The lowest BCUT2D eigenvalue weighted by atomic mass is 9.99. The van der Waals surface area contributed by atoms with Gasteiger partial charge in [-0.05, 0) is 71.8 Å². The highest BCUT2D eigenvalue weighted by molar-refractivity contribution is 8.18. The van der Waals surface area contributed by atoms with Gasteiger partial charge in [-0.3, -0.25) is 24.8 Å². The van der Waals surface area contributed by atoms with Crippen LogP contribution in [0.3, 0.4) is 0 Å². The monoisotopic (exact) mass is 458 g/mol. The number of piperazine rings is 1. The van der Waals surface area contributed by atoms with E-state index in [4.69, 9.17) is 0 Å². The van der Waals surface area contributed by atoms with E-state index in [0.717, 1.165) is 65.5 Å². The quantitative estimate of drug-likeness (QED) is 0.556. The molecular formula is C26H26N4O2S. The Balaban J connectivity index is 1.41. The summed E-state index contributed by atoms with van der Waals surface area (Å²) in [5.74, 6) is -0.357. The molecule has 2 fully saturated rings. The minimum absolute atomic E-state index is 0.340. The standard InChI is InChI=1S/C26H26N4O2S/c1-2-10-29-11-13-30(14-12-29)20-8-6-19(7-9-20)21-4-3-5-23-22(21)15-18(17-27-23)16-24-25(31)28-26(32)33-24/h3-9,15-17H,2,10-14H2,1H3,(H,28,31,32). The van der Waals surface area contributed by atoms with Crippen LogP contribution in [0.2, 0.25) is 0 Å². The van der Waals surface area contributed by atoms with Crippen LogP contribution in [0.5, 0.6) is 0 Å². The third kappa shape index (κ3) is 4.65. The van der Waals surface area contributed by atoms with Gasteiger partial charge in [-0.2, -0.15) is 0 Å². The van der Waals surface area contributed by atoms with E-state index in [2.05, 4.69) is 57.4 Å². The molecular weight excluding hydrogens is 432 g/mol. The first kappa shape index (κ1) is 21.7. The molecule has 2 aromatic carbocycles. The molecule has 0 saturated carbocycles. The lowest BCUT2D eigenvalue weighted by Crippen LogP contribution is -2.46. The molecule has 3 heterocycles. The molecule has 3 aromatic rings. The number of rotatable bonds is 5. The number of imide groups is 1. The average Bonchev–Trinajstić information content (AvgIpc) is 3.16. The van der Waals surface area contributed by atoms with Gasteiger partial charge >= 0.3 is 0 Å². The number of pyridine rings is 1. The molecule has 0 radical (unpaired) electrons. The van der Waals surface area contributed by atoms with Crippen LogP contribution in [0.15, 0.2) is 59.6 Å². The Morgan fingerprint density at radius 2 is 1.85 bits per heavy atom. The van der Waals surface area contributed by atoms with Crippen LogP contribution in [0.4, 0.5) is 10.5 Å². The van der Waals surface area contributed by atoms with Crippen LogP contribution in [-0.4, -0.2) is 53.8 Å². The van der Waals surface area contributed by atoms with Gasteiger partial charge in [-0.15, -0.1) is 0 Å². The van der Waals surface area contributed by atoms with Crippen molar-refractivity contribution in [3.63, 3.8) is 0 Å². The van der Waals surface area contributed by atoms with E-state index < -0.39 is 0 Å². The maximum Gasteiger partial charge on any atom is 0.290 e. The van der Waals surface area contributed by atoms with Gasteiger partial charge in [0, 0.05) is 43.4 Å². The number of fused-ring (bicyclic) bond motifs is 1. The first-order chi connectivity index (χ1) is 16.1. The SMILES string of the molecule is CCCN1CCN(c2ccc(-c3cccc4ncc(C=C5SC(=O)NC5=O)cc34)cc2)CC1. The van der Waals surface area contributed by atoms with Gasteiger partial charge in [0.1, 0.15) is 0 Å². The molecule has 2 amide bonds. The molecule has 2 aliphatic rings. The lowest BCUT2D eigenvalue weighted by molar-refractivity contribution is -0.115. The number of carbonyl (C=O) groups excluding carboxylic acids is 2. The zero-order valence-corrected chi connectivity index (χ0v) is 19.4. The summed E-state index contributed by atoms with van der Waals surface area (Å²) in [5, 5.41) is 2.97. The van der Waals surface area contributed by atoms with Crippen molar-refractivity contribution in [2.24, 2.45) is 0 Å². The third-order valence-corrected chi connectivity index (χ3v) is 6.95. The number of hydrogen-bond acceptors (Lipinski definition) is 6. The van der Waals surface area contributed by atoms with Crippen LogP contribution in [0, 0.1) is 0 Å². The van der Waals surface area contributed by atoms with E-state index in [-0.39, 0.29) is 11.1 Å². The summed E-state index contributed by atoms with van der Waals surface area (Å²) in [5.41, 5.74) is 5.17. The van der Waals surface area contributed by atoms with Gasteiger partial charge in [0.15, 0.2) is 0 Å². The maximum absolute atomic E-state index is 11.9. The van der Waals surface area contributed by atoms with Crippen LogP contribution in [-0.2, 0) is 4.79 Å². The fraction of sp³-hybridized carbons (Fsp3) is 0.269. The molecule has 0 spiro atoms. The van der Waals surface area contributed by atoms with E-state index in [1.165, 1.54) is 18.7 Å². The van der Waals surface area contributed by atoms with Crippen molar-refractivity contribution in [3.8, 4) is 11.1 Å². The molecule has 1 aromatic heterocycles. The summed E-state index contributed by atoms with van der Waals surface area (Å²) in [7, 11) is 0. The molecule has 2 aliphatic heterocycles. The predicted molar refractivity (Wildman–Crippen MR) is 135 cm³/mol. The zero-order valence-electron chi connectivity index (χ0n) is 18.6. The highest BCUT2D eigenvalue weighted by Crippen LogP contribution is 2.32. The van der Waals surface area contributed by atoms with Crippen molar-refractivity contribution in [2.45, 2.75) is 13.3 Å². The Kier molecular flexibility index (Phi) is 6.15. The smallest absolute Gasteiger partial charge is 0.290 e. The number of anilines is 1. The van der Waals surface area contributed by atoms with Crippen LogP contribution in [0.1, 0.15) is 18.9 Å². The number of amides is 2. The second kappa shape index (κ2) is 9.37. The first-order valence-corrected chi connectivity index (χ1v) is 12.1. The van der Waals surface area contributed by atoms with E-state index >= 15 is 0 Å². The van der Waals surface area contributed by atoms with Crippen molar-refractivity contribution < 1.29 is 9.59 Å². The number of aromatic nitrogens is 1. The van der Waals surface area contributed by atoms with Gasteiger partial charge in [0.25, 0.3) is 11.1 Å². The van der Waals surface area contributed by atoms with Crippen molar-refractivity contribution in [2.75, 3.05) is 37.6 Å². The minimum Gasteiger partial charge on any atom is -0.369 e. The molecule has 0 aliphatic carbocycles. The molecule has 0 atom stereocenters. The van der Waals surface area contributed by atoms with Gasteiger partial charge in [0.2, 0.25) is 0 Å².